The Bertz CT molecular complexity index is 404. The van der Waals surface area contributed by atoms with Crippen molar-refractivity contribution in [1.82, 2.24) is 4.90 Å². The Morgan fingerprint density at radius 2 is 2.18 bits per heavy atom. The van der Waals surface area contributed by atoms with Crippen molar-refractivity contribution in [3.8, 4) is 5.75 Å². The van der Waals surface area contributed by atoms with Crippen molar-refractivity contribution >= 4 is 11.6 Å². The van der Waals surface area contributed by atoms with Gasteiger partial charge in [-0.05, 0) is 31.5 Å². The molecule has 0 aliphatic carbocycles. The molecule has 0 radical (unpaired) electrons. The standard InChI is InChI=1S/C13H20N2O2/c1-5-9(2)15(3)13(16)10-6-7-12(17-4)11(14)8-10/h6-9H,5,14H2,1-4H3. The predicted molar refractivity (Wildman–Crippen MR) is 69.3 cm³/mol. The molecule has 0 bridgehead atoms. The molecular weight excluding hydrogens is 216 g/mol. The van der Waals surface area contributed by atoms with E-state index in [-0.39, 0.29) is 11.9 Å². The summed E-state index contributed by atoms with van der Waals surface area (Å²) in [5.41, 5.74) is 6.85. The van der Waals surface area contributed by atoms with E-state index in [0.717, 1.165) is 6.42 Å². The normalized spacial score (nSPS) is 12.0. The molecule has 94 valence electrons. The highest BCUT2D eigenvalue weighted by Crippen LogP contribution is 2.22. The molecule has 4 nitrogen and oxygen atoms in total. The molecule has 0 fully saturated rings. The number of hydrogen-bond acceptors (Lipinski definition) is 3. The molecule has 1 aromatic rings. The first-order chi connectivity index (χ1) is 8.01. The number of hydrogen-bond donors (Lipinski definition) is 1. The van der Waals surface area contributed by atoms with E-state index >= 15 is 0 Å². The maximum atomic E-state index is 12.1. The quantitative estimate of drug-likeness (QED) is 0.815. The summed E-state index contributed by atoms with van der Waals surface area (Å²) in [5.74, 6) is 0.571. The van der Waals surface area contributed by atoms with E-state index in [1.165, 1.54) is 0 Å². The maximum Gasteiger partial charge on any atom is 0.253 e. The highest BCUT2D eigenvalue weighted by molar-refractivity contribution is 5.95. The number of nitrogens with zero attached hydrogens (tertiary/aromatic N) is 1. The van der Waals surface area contributed by atoms with E-state index in [9.17, 15) is 4.79 Å². The van der Waals surface area contributed by atoms with Crippen LogP contribution in [0.5, 0.6) is 5.75 Å². The van der Waals surface area contributed by atoms with Gasteiger partial charge in [0.1, 0.15) is 5.75 Å². The van der Waals surface area contributed by atoms with Crippen molar-refractivity contribution in [3.05, 3.63) is 23.8 Å². The molecule has 0 saturated carbocycles. The van der Waals surface area contributed by atoms with Gasteiger partial charge in [-0.1, -0.05) is 6.92 Å². The maximum absolute atomic E-state index is 12.1. The number of amides is 1. The molecule has 0 aromatic heterocycles. The van der Waals surface area contributed by atoms with Gasteiger partial charge >= 0.3 is 0 Å². The number of nitrogens with two attached hydrogens (primary N) is 1. The molecule has 0 spiro atoms. The number of carbonyl (C=O) groups excluding carboxylic acids is 1. The monoisotopic (exact) mass is 236 g/mol. The second kappa shape index (κ2) is 5.57. The Morgan fingerprint density at radius 1 is 1.53 bits per heavy atom. The number of carbonyl (C=O) groups is 1. The third-order valence-electron chi connectivity index (χ3n) is 3.05. The fourth-order valence-corrected chi connectivity index (χ4v) is 1.55. The molecule has 2 N–H and O–H groups in total. The van der Waals surface area contributed by atoms with E-state index in [2.05, 4.69) is 6.92 Å². The average molecular weight is 236 g/mol. The Kier molecular flexibility index (Phi) is 4.37. The topological polar surface area (TPSA) is 55.6 Å². The van der Waals surface area contributed by atoms with Gasteiger partial charge in [-0.15, -0.1) is 0 Å². The van der Waals surface area contributed by atoms with Crippen LogP contribution in [0.1, 0.15) is 30.6 Å². The molecule has 0 aliphatic rings. The van der Waals surface area contributed by atoms with Gasteiger partial charge in [0.2, 0.25) is 0 Å². The second-order valence-electron chi connectivity index (χ2n) is 4.13. The van der Waals surface area contributed by atoms with Gasteiger partial charge in [-0.25, -0.2) is 0 Å². The molecule has 1 amide bonds. The van der Waals surface area contributed by atoms with Crippen LogP contribution in [0, 0.1) is 0 Å². The minimum Gasteiger partial charge on any atom is -0.495 e. The molecule has 1 unspecified atom stereocenters. The van der Waals surface area contributed by atoms with Crippen LogP contribution >= 0.6 is 0 Å². The van der Waals surface area contributed by atoms with Gasteiger partial charge in [0, 0.05) is 18.7 Å². The fraction of sp³-hybridized carbons (Fsp3) is 0.462. The molecule has 17 heavy (non-hydrogen) atoms. The van der Waals surface area contributed by atoms with E-state index in [4.69, 9.17) is 10.5 Å². The number of nitrogen functional groups attached to an aromatic ring is 1. The SMILES string of the molecule is CCC(C)N(C)C(=O)c1ccc(OC)c(N)c1. The van der Waals surface area contributed by atoms with Crippen LogP contribution in [-0.2, 0) is 0 Å². The Balaban J connectivity index is 2.93. The van der Waals surface area contributed by atoms with Crippen molar-refractivity contribution in [2.45, 2.75) is 26.3 Å². The molecule has 1 rings (SSSR count). The summed E-state index contributed by atoms with van der Waals surface area (Å²) in [7, 11) is 3.36. The zero-order valence-corrected chi connectivity index (χ0v) is 10.9. The number of benzene rings is 1. The predicted octanol–water partition coefficient (Wildman–Crippen LogP) is 2.15. The van der Waals surface area contributed by atoms with Crippen molar-refractivity contribution in [2.24, 2.45) is 0 Å². The second-order valence-corrected chi connectivity index (χ2v) is 4.13. The zero-order valence-electron chi connectivity index (χ0n) is 10.9. The van der Waals surface area contributed by atoms with Crippen molar-refractivity contribution in [1.29, 1.82) is 0 Å². The summed E-state index contributed by atoms with van der Waals surface area (Å²) in [4.78, 5) is 13.8. The molecule has 0 heterocycles. The summed E-state index contributed by atoms with van der Waals surface area (Å²) in [6.45, 7) is 4.07. The lowest BCUT2D eigenvalue weighted by molar-refractivity contribution is 0.0740. The lowest BCUT2D eigenvalue weighted by Crippen LogP contribution is -2.34. The van der Waals surface area contributed by atoms with Crippen molar-refractivity contribution in [3.63, 3.8) is 0 Å². The third kappa shape index (κ3) is 2.90. The molecule has 0 aliphatic heterocycles. The van der Waals surface area contributed by atoms with Gasteiger partial charge in [0.25, 0.3) is 5.91 Å². The van der Waals surface area contributed by atoms with E-state index in [0.29, 0.717) is 17.0 Å². The molecule has 0 saturated heterocycles. The lowest BCUT2D eigenvalue weighted by Gasteiger charge is -2.24. The minimum absolute atomic E-state index is 0.0197. The highest BCUT2D eigenvalue weighted by atomic mass is 16.5. The first kappa shape index (κ1) is 13.4. The first-order valence-corrected chi connectivity index (χ1v) is 5.71. The smallest absolute Gasteiger partial charge is 0.253 e. The summed E-state index contributed by atoms with van der Waals surface area (Å²) in [5, 5.41) is 0. The van der Waals surface area contributed by atoms with Gasteiger partial charge < -0.3 is 15.4 Å². The summed E-state index contributed by atoms with van der Waals surface area (Å²) in [6, 6.07) is 5.31. The Hall–Kier alpha value is -1.71. The van der Waals surface area contributed by atoms with Crippen LogP contribution in [-0.4, -0.2) is 31.0 Å². The van der Waals surface area contributed by atoms with Crippen LogP contribution < -0.4 is 10.5 Å². The number of rotatable bonds is 4. The van der Waals surface area contributed by atoms with E-state index in [1.807, 2.05) is 6.92 Å². The highest BCUT2D eigenvalue weighted by Gasteiger charge is 2.16. The van der Waals surface area contributed by atoms with Gasteiger partial charge in [-0.3, -0.25) is 4.79 Å². The average Bonchev–Trinajstić information content (AvgIpc) is 2.35. The van der Waals surface area contributed by atoms with Crippen LogP contribution in [0.2, 0.25) is 0 Å². The van der Waals surface area contributed by atoms with Crippen LogP contribution in [0.3, 0.4) is 0 Å². The minimum atomic E-state index is -0.0197. The van der Waals surface area contributed by atoms with Crippen molar-refractivity contribution < 1.29 is 9.53 Å². The number of methoxy groups -OCH3 is 1. The first-order valence-electron chi connectivity index (χ1n) is 5.71. The van der Waals surface area contributed by atoms with Crippen LogP contribution in [0.15, 0.2) is 18.2 Å². The molecular formula is C13H20N2O2. The molecule has 1 aromatic carbocycles. The van der Waals surface area contributed by atoms with Crippen molar-refractivity contribution in [2.75, 3.05) is 19.9 Å². The van der Waals surface area contributed by atoms with Gasteiger partial charge in [-0.2, -0.15) is 0 Å². The zero-order chi connectivity index (χ0) is 13.0. The largest absolute Gasteiger partial charge is 0.495 e. The van der Waals surface area contributed by atoms with Crippen LogP contribution in [0.25, 0.3) is 0 Å². The third-order valence-corrected chi connectivity index (χ3v) is 3.05. The van der Waals surface area contributed by atoms with E-state index in [1.54, 1.807) is 37.3 Å². The Morgan fingerprint density at radius 3 is 2.65 bits per heavy atom. The van der Waals surface area contributed by atoms with Gasteiger partial charge in [0.05, 0.1) is 12.8 Å². The summed E-state index contributed by atoms with van der Waals surface area (Å²) < 4.78 is 5.06. The van der Waals surface area contributed by atoms with E-state index < -0.39 is 0 Å². The summed E-state index contributed by atoms with van der Waals surface area (Å²) in [6.07, 6.45) is 0.924. The molecule has 1 atom stereocenters. The molecule has 4 heteroatoms. The number of anilines is 1. The lowest BCUT2D eigenvalue weighted by atomic mass is 10.1. The number of ether oxygens (including phenoxy) is 1. The fourth-order valence-electron chi connectivity index (χ4n) is 1.55. The van der Waals surface area contributed by atoms with Gasteiger partial charge in [0.15, 0.2) is 0 Å². The van der Waals surface area contributed by atoms with Crippen LogP contribution in [0.4, 0.5) is 5.69 Å². The Labute approximate surface area is 102 Å². The summed E-state index contributed by atoms with van der Waals surface area (Å²) >= 11 is 0.